The summed E-state index contributed by atoms with van der Waals surface area (Å²) < 4.78 is 0.890. The lowest BCUT2D eigenvalue weighted by Gasteiger charge is -2.17. The zero-order valence-electron chi connectivity index (χ0n) is 11.6. The normalized spacial score (nSPS) is 12.2. The van der Waals surface area contributed by atoms with Crippen LogP contribution in [0.15, 0.2) is 22.7 Å². The summed E-state index contributed by atoms with van der Waals surface area (Å²) >= 11 is 3.38. The maximum Gasteiger partial charge on any atom is 0.337 e. The van der Waals surface area contributed by atoms with Crippen LogP contribution in [-0.2, 0) is 0 Å². The van der Waals surface area contributed by atoms with E-state index in [2.05, 4.69) is 35.1 Å². The molecular weight excluding hydrogens is 306 g/mol. The van der Waals surface area contributed by atoms with E-state index < -0.39 is 5.97 Å². The summed E-state index contributed by atoms with van der Waals surface area (Å²) in [5, 5.41) is 12.4. The minimum absolute atomic E-state index is 0.327. The number of carboxylic acids is 1. The molecule has 106 valence electrons. The van der Waals surface area contributed by atoms with Crippen LogP contribution in [0.3, 0.4) is 0 Å². The Morgan fingerprint density at radius 2 is 2.16 bits per heavy atom. The number of unbranched alkanes of at least 4 members (excludes halogenated alkanes) is 1. The van der Waals surface area contributed by atoms with Crippen molar-refractivity contribution in [1.29, 1.82) is 0 Å². The van der Waals surface area contributed by atoms with Gasteiger partial charge in [0.05, 0.1) is 5.56 Å². The summed E-state index contributed by atoms with van der Waals surface area (Å²) in [6, 6.07) is 5.21. The molecule has 1 aromatic rings. The van der Waals surface area contributed by atoms with Gasteiger partial charge in [-0.1, -0.05) is 49.0 Å². The minimum Gasteiger partial charge on any atom is -0.478 e. The Kier molecular flexibility index (Phi) is 6.92. The van der Waals surface area contributed by atoms with Crippen LogP contribution < -0.4 is 5.32 Å². The van der Waals surface area contributed by atoms with Crippen LogP contribution >= 0.6 is 15.9 Å². The molecule has 0 spiro atoms. The zero-order chi connectivity index (χ0) is 14.3. The molecule has 1 rings (SSSR count). The Hall–Kier alpha value is -1.03. The average Bonchev–Trinajstić information content (AvgIpc) is 2.38. The first-order valence-electron chi connectivity index (χ1n) is 6.85. The van der Waals surface area contributed by atoms with Gasteiger partial charge in [-0.15, -0.1) is 0 Å². The number of hydrogen-bond donors (Lipinski definition) is 2. The van der Waals surface area contributed by atoms with Crippen LogP contribution in [0, 0.1) is 5.92 Å². The first-order chi connectivity index (χ1) is 9.08. The van der Waals surface area contributed by atoms with Crippen LogP contribution in [0.1, 0.15) is 49.9 Å². The number of hydrogen-bond acceptors (Lipinski definition) is 2. The third-order valence-electron chi connectivity index (χ3n) is 3.34. The summed E-state index contributed by atoms with van der Waals surface area (Å²) in [5.74, 6) is -0.294. The van der Waals surface area contributed by atoms with Crippen LogP contribution in [0.4, 0.5) is 5.69 Å². The second kappa shape index (κ2) is 8.20. The van der Waals surface area contributed by atoms with Gasteiger partial charge in [-0.25, -0.2) is 4.79 Å². The van der Waals surface area contributed by atoms with Crippen molar-refractivity contribution < 1.29 is 9.90 Å². The number of benzene rings is 1. The van der Waals surface area contributed by atoms with E-state index in [-0.39, 0.29) is 0 Å². The molecule has 3 nitrogen and oxygen atoms in total. The van der Waals surface area contributed by atoms with E-state index in [1.54, 1.807) is 12.1 Å². The summed E-state index contributed by atoms with van der Waals surface area (Å²) in [6.07, 6.45) is 4.73. The monoisotopic (exact) mass is 327 g/mol. The first-order valence-corrected chi connectivity index (χ1v) is 7.64. The van der Waals surface area contributed by atoms with Gasteiger partial charge in [-0.3, -0.25) is 0 Å². The molecule has 0 bridgehead atoms. The van der Waals surface area contributed by atoms with Gasteiger partial charge in [0.15, 0.2) is 0 Å². The fourth-order valence-electron chi connectivity index (χ4n) is 2.05. The Morgan fingerprint density at radius 3 is 2.74 bits per heavy atom. The summed E-state index contributed by atoms with van der Waals surface area (Å²) in [4.78, 5) is 11.2. The number of anilines is 1. The van der Waals surface area contributed by atoms with Crippen LogP contribution in [0.2, 0.25) is 0 Å². The third kappa shape index (κ3) is 5.23. The van der Waals surface area contributed by atoms with E-state index in [0.29, 0.717) is 17.2 Å². The van der Waals surface area contributed by atoms with Gasteiger partial charge in [-0.05, 0) is 30.5 Å². The predicted molar refractivity (Wildman–Crippen MR) is 82.9 cm³/mol. The Morgan fingerprint density at radius 1 is 1.42 bits per heavy atom. The number of halogens is 1. The molecule has 0 fully saturated rings. The van der Waals surface area contributed by atoms with E-state index in [4.69, 9.17) is 5.11 Å². The largest absolute Gasteiger partial charge is 0.478 e. The van der Waals surface area contributed by atoms with E-state index in [1.165, 1.54) is 19.3 Å². The van der Waals surface area contributed by atoms with Gasteiger partial charge in [0.2, 0.25) is 0 Å². The Bertz CT molecular complexity index is 421. The minimum atomic E-state index is -0.892. The average molecular weight is 328 g/mol. The van der Waals surface area contributed by atoms with Crippen molar-refractivity contribution >= 4 is 27.6 Å². The van der Waals surface area contributed by atoms with Crippen molar-refractivity contribution in [3.8, 4) is 0 Å². The fourth-order valence-corrected chi connectivity index (χ4v) is 2.41. The van der Waals surface area contributed by atoms with Gasteiger partial charge >= 0.3 is 5.97 Å². The van der Waals surface area contributed by atoms with Crippen LogP contribution in [0.25, 0.3) is 0 Å². The standard InChI is InChI=1S/C15H22BrNO2/c1-3-5-6-11(4-2)10-17-14-9-12(16)7-8-13(14)15(18)19/h7-9,11,17H,3-6,10H2,1-2H3,(H,18,19). The predicted octanol–water partition coefficient (Wildman–Crippen LogP) is 4.78. The lowest BCUT2D eigenvalue weighted by Crippen LogP contribution is -2.15. The molecule has 4 heteroatoms. The van der Waals surface area contributed by atoms with E-state index in [9.17, 15) is 4.79 Å². The molecule has 0 aliphatic rings. The van der Waals surface area contributed by atoms with Crippen molar-refractivity contribution in [2.75, 3.05) is 11.9 Å². The topological polar surface area (TPSA) is 49.3 Å². The molecule has 0 amide bonds. The maximum atomic E-state index is 11.2. The molecule has 0 saturated carbocycles. The van der Waals surface area contributed by atoms with Crippen molar-refractivity contribution in [2.45, 2.75) is 39.5 Å². The molecule has 0 heterocycles. The zero-order valence-corrected chi connectivity index (χ0v) is 13.2. The van der Waals surface area contributed by atoms with E-state index in [1.807, 2.05) is 6.07 Å². The molecule has 0 aliphatic heterocycles. The highest BCUT2D eigenvalue weighted by atomic mass is 79.9. The van der Waals surface area contributed by atoms with Gasteiger partial charge in [0.1, 0.15) is 0 Å². The van der Waals surface area contributed by atoms with Crippen molar-refractivity contribution in [3.63, 3.8) is 0 Å². The molecule has 1 unspecified atom stereocenters. The van der Waals surface area contributed by atoms with Crippen LogP contribution in [0.5, 0.6) is 0 Å². The third-order valence-corrected chi connectivity index (χ3v) is 3.83. The van der Waals surface area contributed by atoms with Gasteiger partial charge in [0.25, 0.3) is 0 Å². The highest BCUT2D eigenvalue weighted by molar-refractivity contribution is 9.10. The molecule has 0 aliphatic carbocycles. The second-order valence-electron chi connectivity index (χ2n) is 4.79. The molecule has 0 saturated heterocycles. The number of aromatic carboxylic acids is 1. The lowest BCUT2D eigenvalue weighted by molar-refractivity contribution is 0.0698. The molecule has 1 atom stereocenters. The molecule has 0 aromatic heterocycles. The van der Waals surface area contributed by atoms with Crippen molar-refractivity contribution in [2.24, 2.45) is 5.92 Å². The first kappa shape index (κ1) is 16.0. The Labute approximate surface area is 123 Å². The number of nitrogens with one attached hydrogen (secondary N) is 1. The molecule has 0 radical (unpaired) electrons. The Balaban J connectivity index is 2.70. The van der Waals surface area contributed by atoms with E-state index >= 15 is 0 Å². The van der Waals surface area contributed by atoms with E-state index in [0.717, 1.165) is 17.4 Å². The lowest BCUT2D eigenvalue weighted by atomic mass is 9.99. The smallest absolute Gasteiger partial charge is 0.337 e. The molecule has 19 heavy (non-hydrogen) atoms. The summed E-state index contributed by atoms with van der Waals surface area (Å²) in [6.45, 7) is 5.20. The van der Waals surface area contributed by atoms with Crippen molar-refractivity contribution in [1.82, 2.24) is 0 Å². The molecule has 1 aromatic carbocycles. The van der Waals surface area contributed by atoms with Gasteiger partial charge in [0, 0.05) is 16.7 Å². The molecule has 2 N–H and O–H groups in total. The highest BCUT2D eigenvalue weighted by Gasteiger charge is 2.12. The SMILES string of the molecule is CCCCC(CC)CNc1cc(Br)ccc1C(=O)O. The molecular formula is C15H22BrNO2. The fraction of sp³-hybridized carbons (Fsp3) is 0.533. The summed E-state index contributed by atoms with van der Waals surface area (Å²) in [5.41, 5.74) is 1.02. The second-order valence-corrected chi connectivity index (χ2v) is 5.71. The highest BCUT2D eigenvalue weighted by Crippen LogP contribution is 2.23. The number of carbonyl (C=O) groups is 1. The van der Waals surface area contributed by atoms with Crippen molar-refractivity contribution in [3.05, 3.63) is 28.2 Å². The maximum absolute atomic E-state index is 11.2. The number of carboxylic acid groups (broad SMARTS) is 1. The summed E-state index contributed by atoms with van der Waals surface area (Å²) in [7, 11) is 0. The van der Waals surface area contributed by atoms with Crippen LogP contribution in [-0.4, -0.2) is 17.6 Å². The van der Waals surface area contributed by atoms with Gasteiger partial charge in [-0.2, -0.15) is 0 Å². The number of rotatable bonds is 8. The van der Waals surface area contributed by atoms with Gasteiger partial charge < -0.3 is 10.4 Å². The quantitative estimate of drug-likeness (QED) is 0.722.